The van der Waals surface area contributed by atoms with Gasteiger partial charge in [-0.15, -0.1) is 0 Å². The number of aryl methyl sites for hydroxylation is 2. The summed E-state index contributed by atoms with van der Waals surface area (Å²) >= 11 is 0. The molecule has 0 N–H and O–H groups in total. The lowest BCUT2D eigenvalue weighted by atomic mass is 10.0. The van der Waals surface area contributed by atoms with Gasteiger partial charge in [-0.3, -0.25) is 9.98 Å². The van der Waals surface area contributed by atoms with Gasteiger partial charge in [0.15, 0.2) is 0 Å². The van der Waals surface area contributed by atoms with Gasteiger partial charge in [0.25, 0.3) is 0 Å². The smallest absolute Gasteiger partial charge is 0.136 e. The fraction of sp³-hybridized carbons (Fsp3) is 0.0714. The molecule has 0 spiro atoms. The number of para-hydroxylation sites is 2. The summed E-state index contributed by atoms with van der Waals surface area (Å²) in [7, 11) is 0. The number of nitrogens with zero attached hydrogens (tertiary/aromatic N) is 2. The van der Waals surface area contributed by atoms with E-state index >= 15 is 0 Å². The molecule has 0 bridgehead atoms. The van der Waals surface area contributed by atoms with Crippen LogP contribution in [0.5, 0.6) is 0 Å². The third-order valence-electron chi connectivity index (χ3n) is 5.51. The van der Waals surface area contributed by atoms with E-state index in [0.717, 1.165) is 44.4 Å². The number of hydrogen-bond acceptors (Lipinski definition) is 3. The first kappa shape index (κ1) is 19.0. The van der Waals surface area contributed by atoms with Crippen molar-refractivity contribution in [2.45, 2.75) is 13.8 Å². The number of furan rings is 1. The van der Waals surface area contributed by atoms with E-state index in [0.29, 0.717) is 0 Å². The van der Waals surface area contributed by atoms with Gasteiger partial charge in [0.05, 0.1) is 11.4 Å². The Morgan fingerprint density at radius 3 is 1.68 bits per heavy atom. The summed E-state index contributed by atoms with van der Waals surface area (Å²) in [6.07, 6.45) is 3.78. The Hall–Kier alpha value is -3.98. The van der Waals surface area contributed by atoms with E-state index in [9.17, 15) is 0 Å². The van der Waals surface area contributed by atoms with Crippen molar-refractivity contribution in [1.29, 1.82) is 0 Å². The van der Waals surface area contributed by atoms with Crippen molar-refractivity contribution in [3.05, 3.63) is 107 Å². The van der Waals surface area contributed by atoms with Crippen LogP contribution in [0.3, 0.4) is 0 Å². The van der Waals surface area contributed by atoms with Gasteiger partial charge in [-0.25, -0.2) is 0 Å². The molecule has 0 aliphatic carbocycles. The minimum atomic E-state index is 0.853. The van der Waals surface area contributed by atoms with Gasteiger partial charge in [0, 0.05) is 34.3 Å². The highest BCUT2D eigenvalue weighted by molar-refractivity contribution is 6.10. The molecule has 1 aromatic heterocycles. The maximum Gasteiger partial charge on any atom is 0.136 e. The molecule has 3 heteroatoms. The summed E-state index contributed by atoms with van der Waals surface area (Å²) in [6.45, 7) is 4.24. The van der Waals surface area contributed by atoms with Crippen LogP contribution in [0.25, 0.3) is 21.9 Å². The van der Waals surface area contributed by atoms with E-state index in [1.54, 1.807) is 0 Å². The van der Waals surface area contributed by atoms with Crippen molar-refractivity contribution in [1.82, 2.24) is 0 Å². The standard InChI is InChI=1S/C28H22N2O/c1-19-13-25-26-15-21(17-29-23-9-5-3-6-10-23)22(18-30-24-11-7-4-8-12-24)16-28(26)31-27(25)14-20(19)2/h3-18H,1-2H3. The molecule has 0 unspecified atom stereocenters. The minimum Gasteiger partial charge on any atom is -0.456 e. The zero-order valence-corrected chi connectivity index (χ0v) is 17.5. The molecule has 1 heterocycles. The van der Waals surface area contributed by atoms with Crippen LogP contribution in [-0.4, -0.2) is 12.4 Å². The summed E-state index contributed by atoms with van der Waals surface area (Å²) in [5.74, 6) is 0. The van der Waals surface area contributed by atoms with Crippen LogP contribution in [0.1, 0.15) is 22.3 Å². The van der Waals surface area contributed by atoms with E-state index in [1.165, 1.54) is 11.1 Å². The summed E-state index contributed by atoms with van der Waals surface area (Å²) in [5.41, 5.74) is 8.02. The third-order valence-corrected chi connectivity index (χ3v) is 5.51. The van der Waals surface area contributed by atoms with Crippen molar-refractivity contribution in [3.63, 3.8) is 0 Å². The van der Waals surface area contributed by atoms with Crippen LogP contribution in [0.4, 0.5) is 11.4 Å². The first-order valence-corrected chi connectivity index (χ1v) is 10.3. The molecule has 4 aromatic carbocycles. The van der Waals surface area contributed by atoms with Gasteiger partial charge in [-0.05, 0) is 73.5 Å². The van der Waals surface area contributed by atoms with Gasteiger partial charge in [-0.1, -0.05) is 36.4 Å². The van der Waals surface area contributed by atoms with Crippen molar-refractivity contribution >= 4 is 45.7 Å². The summed E-state index contributed by atoms with van der Waals surface area (Å²) in [6, 6.07) is 28.4. The molecule has 0 atom stereocenters. The van der Waals surface area contributed by atoms with Gasteiger partial charge in [-0.2, -0.15) is 0 Å². The maximum atomic E-state index is 6.19. The SMILES string of the molecule is Cc1cc2oc3cc(C=Nc4ccccc4)c(C=Nc4ccccc4)cc3c2cc1C. The largest absolute Gasteiger partial charge is 0.456 e. The van der Waals surface area contributed by atoms with Crippen LogP contribution in [0.2, 0.25) is 0 Å². The number of aliphatic imine (C=N–C) groups is 2. The average Bonchev–Trinajstić information content (AvgIpc) is 3.13. The molecule has 0 saturated carbocycles. The fourth-order valence-corrected chi connectivity index (χ4v) is 3.65. The van der Waals surface area contributed by atoms with Crippen LogP contribution in [-0.2, 0) is 0 Å². The highest BCUT2D eigenvalue weighted by Crippen LogP contribution is 2.32. The van der Waals surface area contributed by atoms with E-state index in [-0.39, 0.29) is 0 Å². The van der Waals surface area contributed by atoms with Crippen molar-refractivity contribution < 1.29 is 4.42 Å². The summed E-state index contributed by atoms with van der Waals surface area (Å²) in [4.78, 5) is 9.33. The number of fused-ring (bicyclic) bond motifs is 3. The highest BCUT2D eigenvalue weighted by Gasteiger charge is 2.12. The summed E-state index contributed by atoms with van der Waals surface area (Å²) < 4.78 is 6.19. The quantitative estimate of drug-likeness (QED) is 0.284. The van der Waals surface area contributed by atoms with E-state index in [1.807, 2.05) is 73.1 Å². The third kappa shape index (κ3) is 3.90. The molecule has 3 nitrogen and oxygen atoms in total. The molecule has 0 aliphatic rings. The molecule has 150 valence electrons. The Bertz CT molecular complexity index is 1430. The average molecular weight is 402 g/mol. The molecular formula is C28H22N2O. The van der Waals surface area contributed by atoms with E-state index < -0.39 is 0 Å². The van der Waals surface area contributed by atoms with Gasteiger partial charge >= 0.3 is 0 Å². The topological polar surface area (TPSA) is 37.9 Å². The van der Waals surface area contributed by atoms with E-state index in [2.05, 4.69) is 48.1 Å². The molecule has 0 amide bonds. The lowest BCUT2D eigenvalue weighted by molar-refractivity contribution is 0.668. The number of benzene rings is 4. The normalized spacial score (nSPS) is 11.9. The molecule has 31 heavy (non-hydrogen) atoms. The van der Waals surface area contributed by atoms with Crippen molar-refractivity contribution in [2.75, 3.05) is 0 Å². The molecule has 5 rings (SSSR count). The molecule has 5 aromatic rings. The highest BCUT2D eigenvalue weighted by atomic mass is 16.3. The maximum absolute atomic E-state index is 6.19. The van der Waals surface area contributed by atoms with Crippen LogP contribution >= 0.6 is 0 Å². The lowest BCUT2D eigenvalue weighted by Crippen LogP contribution is -1.92. The number of hydrogen-bond donors (Lipinski definition) is 0. The van der Waals surface area contributed by atoms with Crippen molar-refractivity contribution in [3.8, 4) is 0 Å². The van der Waals surface area contributed by atoms with E-state index in [4.69, 9.17) is 4.42 Å². The predicted octanol–water partition coefficient (Wildman–Crippen LogP) is 7.70. The van der Waals surface area contributed by atoms with Crippen LogP contribution in [0.15, 0.2) is 99.3 Å². The second-order valence-electron chi connectivity index (χ2n) is 7.70. The fourth-order valence-electron chi connectivity index (χ4n) is 3.65. The second kappa shape index (κ2) is 8.04. The van der Waals surface area contributed by atoms with Crippen LogP contribution in [0, 0.1) is 13.8 Å². The zero-order chi connectivity index (χ0) is 21.2. The molecule has 0 radical (unpaired) electrons. The molecule has 0 fully saturated rings. The second-order valence-corrected chi connectivity index (χ2v) is 7.70. The molecule has 0 saturated heterocycles. The first-order chi connectivity index (χ1) is 15.2. The van der Waals surface area contributed by atoms with Gasteiger partial charge in [0.2, 0.25) is 0 Å². The number of rotatable bonds is 4. The molecular weight excluding hydrogens is 380 g/mol. The van der Waals surface area contributed by atoms with Gasteiger partial charge in [0.1, 0.15) is 11.2 Å². The molecule has 0 aliphatic heterocycles. The van der Waals surface area contributed by atoms with Gasteiger partial charge < -0.3 is 4.42 Å². The minimum absolute atomic E-state index is 0.853. The zero-order valence-electron chi connectivity index (χ0n) is 17.5. The monoisotopic (exact) mass is 402 g/mol. The van der Waals surface area contributed by atoms with Crippen LogP contribution < -0.4 is 0 Å². The summed E-state index contributed by atoms with van der Waals surface area (Å²) in [5, 5.41) is 2.21. The Labute approximate surface area is 181 Å². The predicted molar refractivity (Wildman–Crippen MR) is 131 cm³/mol. The Morgan fingerprint density at radius 1 is 0.581 bits per heavy atom. The van der Waals surface area contributed by atoms with Crippen molar-refractivity contribution in [2.24, 2.45) is 9.98 Å². The Kier molecular flexibility index (Phi) is 4.93. The Morgan fingerprint density at radius 2 is 1.06 bits per heavy atom. The first-order valence-electron chi connectivity index (χ1n) is 10.3. The Balaban J connectivity index is 1.67. The lowest BCUT2D eigenvalue weighted by Gasteiger charge is -2.02.